The van der Waals surface area contributed by atoms with Crippen molar-refractivity contribution < 1.29 is 32.6 Å². The van der Waals surface area contributed by atoms with E-state index in [0.717, 1.165) is 0 Å². The highest BCUT2D eigenvalue weighted by molar-refractivity contribution is 5.78. The molecule has 0 bridgehead atoms. The van der Waals surface area contributed by atoms with E-state index < -0.39 is 30.6 Å². The zero-order chi connectivity index (χ0) is 14.5. The van der Waals surface area contributed by atoms with Gasteiger partial charge in [0.2, 0.25) is 5.91 Å². The normalized spacial score (nSPS) is 21.1. The molecule has 1 rings (SSSR count). The summed E-state index contributed by atoms with van der Waals surface area (Å²) in [6, 6.07) is -0.497. The van der Waals surface area contributed by atoms with Crippen molar-refractivity contribution in [2.24, 2.45) is 0 Å². The molecule has 1 atom stereocenters. The molecular weight excluding hydrogens is 269 g/mol. The molecule has 6 nitrogen and oxygen atoms in total. The first kappa shape index (κ1) is 15.7. The van der Waals surface area contributed by atoms with Crippen LogP contribution in [0.1, 0.15) is 6.42 Å². The first-order valence-corrected chi connectivity index (χ1v) is 5.65. The number of ether oxygens (including phenoxy) is 1. The maximum absolute atomic E-state index is 11.9. The number of morpholine rings is 1. The average Bonchev–Trinajstić information content (AvgIpc) is 2.27. The number of amides is 1. The number of alkyl halides is 3. The molecule has 1 heterocycles. The number of hydrogen-bond acceptors (Lipinski definition) is 4. The van der Waals surface area contributed by atoms with E-state index in [9.17, 15) is 22.8 Å². The molecule has 9 heteroatoms. The van der Waals surface area contributed by atoms with E-state index >= 15 is 0 Å². The SMILES string of the molecule is O=C(O)CC1COCCN1CC(=O)NCC(F)(F)F. The number of halogens is 3. The van der Waals surface area contributed by atoms with Crippen LogP contribution in [0.2, 0.25) is 0 Å². The largest absolute Gasteiger partial charge is 0.481 e. The zero-order valence-corrected chi connectivity index (χ0v) is 10.1. The predicted molar refractivity (Wildman–Crippen MR) is 57.5 cm³/mol. The van der Waals surface area contributed by atoms with Crippen LogP contribution in [0, 0.1) is 0 Å². The second-order valence-electron chi connectivity index (χ2n) is 4.19. The van der Waals surface area contributed by atoms with Crippen molar-refractivity contribution in [3.05, 3.63) is 0 Å². The molecule has 1 saturated heterocycles. The van der Waals surface area contributed by atoms with Gasteiger partial charge in [0.1, 0.15) is 6.54 Å². The van der Waals surface area contributed by atoms with Crippen molar-refractivity contribution in [2.45, 2.75) is 18.6 Å². The molecule has 0 saturated carbocycles. The molecule has 0 aromatic carbocycles. The van der Waals surface area contributed by atoms with Crippen molar-refractivity contribution in [1.29, 1.82) is 0 Å². The number of carboxylic acid groups (broad SMARTS) is 1. The van der Waals surface area contributed by atoms with Gasteiger partial charge in [-0.15, -0.1) is 0 Å². The molecule has 1 fully saturated rings. The van der Waals surface area contributed by atoms with Gasteiger partial charge in [0, 0.05) is 12.6 Å². The Morgan fingerprint density at radius 2 is 2.11 bits per heavy atom. The van der Waals surface area contributed by atoms with Gasteiger partial charge in [-0.25, -0.2) is 0 Å². The number of carbonyl (C=O) groups is 2. The molecule has 0 aromatic rings. The van der Waals surface area contributed by atoms with E-state index in [1.54, 1.807) is 5.32 Å². The summed E-state index contributed by atoms with van der Waals surface area (Å²) in [5.41, 5.74) is 0. The molecule has 1 aliphatic rings. The third-order valence-electron chi connectivity index (χ3n) is 2.59. The second-order valence-corrected chi connectivity index (χ2v) is 4.19. The second kappa shape index (κ2) is 6.71. The highest BCUT2D eigenvalue weighted by Crippen LogP contribution is 2.13. The van der Waals surface area contributed by atoms with Gasteiger partial charge in [0.15, 0.2) is 0 Å². The van der Waals surface area contributed by atoms with E-state index in [2.05, 4.69) is 0 Å². The number of carbonyl (C=O) groups excluding carboxylic acids is 1. The Balaban J connectivity index is 2.43. The maximum Gasteiger partial charge on any atom is 0.405 e. The summed E-state index contributed by atoms with van der Waals surface area (Å²) < 4.78 is 40.8. The summed E-state index contributed by atoms with van der Waals surface area (Å²) in [5.74, 6) is -1.83. The third-order valence-corrected chi connectivity index (χ3v) is 2.59. The van der Waals surface area contributed by atoms with Crippen LogP contribution in [-0.4, -0.2) is 66.9 Å². The molecule has 110 valence electrons. The maximum atomic E-state index is 11.9. The lowest BCUT2D eigenvalue weighted by Crippen LogP contribution is -2.51. The van der Waals surface area contributed by atoms with Crippen molar-refractivity contribution >= 4 is 11.9 Å². The quantitative estimate of drug-likeness (QED) is 0.733. The van der Waals surface area contributed by atoms with Crippen LogP contribution in [0.5, 0.6) is 0 Å². The fourth-order valence-electron chi connectivity index (χ4n) is 1.73. The molecule has 19 heavy (non-hydrogen) atoms. The molecule has 1 unspecified atom stereocenters. The summed E-state index contributed by atoms with van der Waals surface area (Å²) >= 11 is 0. The first-order chi connectivity index (χ1) is 8.78. The molecule has 1 aliphatic heterocycles. The van der Waals surface area contributed by atoms with Crippen molar-refractivity contribution in [1.82, 2.24) is 10.2 Å². The van der Waals surface area contributed by atoms with Crippen LogP contribution in [0.25, 0.3) is 0 Å². The van der Waals surface area contributed by atoms with E-state index in [4.69, 9.17) is 9.84 Å². The van der Waals surface area contributed by atoms with Gasteiger partial charge in [0.25, 0.3) is 0 Å². The molecule has 2 N–H and O–H groups in total. The summed E-state index contributed by atoms with van der Waals surface area (Å²) in [6.07, 6.45) is -4.67. The van der Waals surface area contributed by atoms with Gasteiger partial charge in [-0.05, 0) is 0 Å². The number of hydrogen-bond donors (Lipinski definition) is 2. The number of rotatable bonds is 5. The standard InChI is InChI=1S/C10H15F3N2O4/c11-10(12,13)6-14-8(16)4-15-1-2-19-5-7(15)3-9(17)18/h7H,1-6H2,(H,14,16)(H,17,18). The van der Waals surface area contributed by atoms with E-state index in [1.165, 1.54) is 4.90 Å². The average molecular weight is 284 g/mol. The summed E-state index contributed by atoms with van der Waals surface area (Å²) in [6.45, 7) is -0.865. The Hall–Kier alpha value is -1.35. The molecule has 0 aliphatic carbocycles. The Labute approximate surface area is 107 Å². The number of aliphatic carboxylic acids is 1. The number of carboxylic acids is 1. The van der Waals surface area contributed by atoms with Gasteiger partial charge in [-0.1, -0.05) is 0 Å². The number of nitrogens with zero attached hydrogens (tertiary/aromatic N) is 1. The highest BCUT2D eigenvalue weighted by atomic mass is 19.4. The fraction of sp³-hybridized carbons (Fsp3) is 0.800. The minimum atomic E-state index is -4.46. The Bertz CT molecular complexity index is 335. The lowest BCUT2D eigenvalue weighted by molar-refractivity contribution is -0.143. The van der Waals surface area contributed by atoms with Crippen LogP contribution in [0.4, 0.5) is 13.2 Å². The van der Waals surface area contributed by atoms with Gasteiger partial charge in [0.05, 0.1) is 26.2 Å². The van der Waals surface area contributed by atoms with E-state index in [-0.39, 0.29) is 19.6 Å². The Morgan fingerprint density at radius 3 is 2.68 bits per heavy atom. The Morgan fingerprint density at radius 1 is 1.42 bits per heavy atom. The Kier molecular flexibility index (Phi) is 5.55. The van der Waals surface area contributed by atoms with Crippen LogP contribution in [0.15, 0.2) is 0 Å². The molecule has 0 radical (unpaired) electrons. The van der Waals surface area contributed by atoms with Gasteiger partial charge >= 0.3 is 12.1 Å². The summed E-state index contributed by atoms with van der Waals surface area (Å²) in [5, 5.41) is 10.4. The van der Waals surface area contributed by atoms with Crippen LogP contribution >= 0.6 is 0 Å². The zero-order valence-electron chi connectivity index (χ0n) is 10.1. The molecular formula is C10H15F3N2O4. The van der Waals surface area contributed by atoms with Crippen LogP contribution in [0.3, 0.4) is 0 Å². The smallest absolute Gasteiger partial charge is 0.405 e. The lowest BCUT2D eigenvalue weighted by Gasteiger charge is -2.34. The fourth-order valence-corrected chi connectivity index (χ4v) is 1.73. The topological polar surface area (TPSA) is 78.9 Å². The summed E-state index contributed by atoms with van der Waals surface area (Å²) in [4.78, 5) is 23.5. The van der Waals surface area contributed by atoms with Crippen molar-refractivity contribution in [3.63, 3.8) is 0 Å². The minimum absolute atomic E-state index is 0.152. The van der Waals surface area contributed by atoms with Gasteiger partial charge in [-0.2, -0.15) is 13.2 Å². The minimum Gasteiger partial charge on any atom is -0.481 e. The van der Waals surface area contributed by atoms with Crippen molar-refractivity contribution in [3.8, 4) is 0 Å². The predicted octanol–water partition coefficient (Wildman–Crippen LogP) is -0.160. The first-order valence-electron chi connectivity index (χ1n) is 5.65. The summed E-state index contributed by atoms with van der Waals surface area (Å²) in [7, 11) is 0. The number of nitrogens with one attached hydrogen (secondary N) is 1. The monoisotopic (exact) mass is 284 g/mol. The molecule has 1 amide bonds. The van der Waals surface area contributed by atoms with Crippen molar-refractivity contribution in [2.75, 3.05) is 32.8 Å². The lowest BCUT2D eigenvalue weighted by atomic mass is 10.1. The third kappa shape index (κ3) is 6.39. The van der Waals surface area contributed by atoms with Gasteiger partial charge in [-0.3, -0.25) is 14.5 Å². The van der Waals surface area contributed by atoms with Gasteiger partial charge < -0.3 is 15.2 Å². The van der Waals surface area contributed by atoms with E-state index in [0.29, 0.717) is 13.2 Å². The van der Waals surface area contributed by atoms with Crippen LogP contribution < -0.4 is 5.32 Å². The van der Waals surface area contributed by atoms with Crippen LogP contribution in [-0.2, 0) is 14.3 Å². The highest BCUT2D eigenvalue weighted by Gasteiger charge is 2.30. The molecule has 0 spiro atoms. The molecule has 0 aromatic heterocycles. The van der Waals surface area contributed by atoms with E-state index in [1.807, 2.05) is 0 Å².